The third-order valence-electron chi connectivity index (χ3n) is 6.01. The molecule has 1 saturated heterocycles. The molecule has 3 rings (SSSR count). The summed E-state index contributed by atoms with van der Waals surface area (Å²) in [6, 6.07) is 10.5. The van der Waals surface area contributed by atoms with E-state index in [-0.39, 0.29) is 6.61 Å². The highest BCUT2D eigenvalue weighted by Gasteiger charge is 2.46. The molecule has 38 heavy (non-hydrogen) atoms. The topological polar surface area (TPSA) is 142 Å². The van der Waals surface area contributed by atoms with E-state index in [2.05, 4.69) is 0 Å². The van der Waals surface area contributed by atoms with Crippen molar-refractivity contribution in [2.24, 2.45) is 0 Å². The Labute approximate surface area is 221 Å². The Kier molecular flexibility index (Phi) is 10.7. The maximum Gasteiger partial charge on any atom is 0.331 e. The fourth-order valence-electron chi connectivity index (χ4n) is 3.96. The van der Waals surface area contributed by atoms with E-state index in [1.807, 2.05) is 6.07 Å². The zero-order chi connectivity index (χ0) is 27.7. The van der Waals surface area contributed by atoms with Gasteiger partial charge in [-0.2, -0.15) is 0 Å². The molecule has 2 aromatic carbocycles. The third-order valence-corrected chi connectivity index (χ3v) is 6.01. The van der Waals surface area contributed by atoms with E-state index < -0.39 is 43.3 Å². The van der Waals surface area contributed by atoms with E-state index in [0.29, 0.717) is 35.0 Å². The number of esters is 1. The molecule has 5 atom stereocenters. The van der Waals surface area contributed by atoms with E-state index in [1.165, 1.54) is 27.4 Å². The maximum atomic E-state index is 12.4. The predicted molar refractivity (Wildman–Crippen MR) is 135 cm³/mol. The highest BCUT2D eigenvalue weighted by Crippen LogP contribution is 2.29. The minimum Gasteiger partial charge on any atom is -0.493 e. The SMILES string of the molecule is COc1ccc(C=CC(=O)OC2C(CO)OC(OCCc3ccc(OC)c(OC)c3)C(O)C2O)cc1OC. The molecule has 2 aromatic rings. The van der Waals surface area contributed by atoms with Gasteiger partial charge in [-0.05, 0) is 47.9 Å². The monoisotopic (exact) mass is 534 g/mol. The van der Waals surface area contributed by atoms with Gasteiger partial charge in [-0.1, -0.05) is 12.1 Å². The Morgan fingerprint density at radius 1 is 0.895 bits per heavy atom. The van der Waals surface area contributed by atoms with Crippen molar-refractivity contribution in [2.75, 3.05) is 41.7 Å². The van der Waals surface area contributed by atoms with Crippen molar-refractivity contribution in [3.8, 4) is 23.0 Å². The van der Waals surface area contributed by atoms with E-state index in [9.17, 15) is 20.1 Å². The first-order chi connectivity index (χ1) is 18.3. The van der Waals surface area contributed by atoms with E-state index in [0.717, 1.165) is 11.6 Å². The van der Waals surface area contributed by atoms with Crippen molar-refractivity contribution in [3.63, 3.8) is 0 Å². The van der Waals surface area contributed by atoms with Crippen LogP contribution in [0.2, 0.25) is 0 Å². The fraction of sp³-hybridized carbons (Fsp3) is 0.444. The largest absolute Gasteiger partial charge is 0.493 e. The van der Waals surface area contributed by atoms with E-state index in [4.69, 9.17) is 33.2 Å². The molecule has 11 heteroatoms. The summed E-state index contributed by atoms with van der Waals surface area (Å²) in [4.78, 5) is 12.4. The van der Waals surface area contributed by atoms with Gasteiger partial charge in [0, 0.05) is 6.08 Å². The quantitative estimate of drug-likeness (QED) is 0.268. The molecule has 0 bridgehead atoms. The zero-order valence-electron chi connectivity index (χ0n) is 21.7. The molecule has 5 unspecified atom stereocenters. The molecule has 0 amide bonds. The number of benzene rings is 2. The molecule has 1 heterocycles. The first kappa shape index (κ1) is 29.2. The Morgan fingerprint density at radius 2 is 1.53 bits per heavy atom. The summed E-state index contributed by atoms with van der Waals surface area (Å²) in [7, 11) is 6.10. The van der Waals surface area contributed by atoms with Crippen LogP contribution in [-0.4, -0.2) is 93.6 Å². The number of rotatable bonds is 12. The average Bonchev–Trinajstić information content (AvgIpc) is 2.95. The maximum absolute atomic E-state index is 12.4. The van der Waals surface area contributed by atoms with E-state index >= 15 is 0 Å². The summed E-state index contributed by atoms with van der Waals surface area (Å²) >= 11 is 0. The fourth-order valence-corrected chi connectivity index (χ4v) is 3.96. The summed E-state index contributed by atoms with van der Waals surface area (Å²) in [5, 5.41) is 31.0. The van der Waals surface area contributed by atoms with Gasteiger partial charge in [-0.15, -0.1) is 0 Å². The number of carbonyl (C=O) groups is 1. The van der Waals surface area contributed by atoms with Gasteiger partial charge in [0.1, 0.15) is 18.3 Å². The van der Waals surface area contributed by atoms with Crippen molar-refractivity contribution in [2.45, 2.75) is 37.1 Å². The van der Waals surface area contributed by atoms with Crippen LogP contribution < -0.4 is 18.9 Å². The van der Waals surface area contributed by atoms with Crippen LogP contribution in [0.3, 0.4) is 0 Å². The Balaban J connectivity index is 1.57. The average molecular weight is 535 g/mol. The van der Waals surface area contributed by atoms with Crippen LogP contribution in [0, 0.1) is 0 Å². The first-order valence-corrected chi connectivity index (χ1v) is 11.9. The minimum atomic E-state index is -1.55. The second-order valence-electron chi connectivity index (χ2n) is 8.37. The Hall–Kier alpha value is -3.35. The molecule has 208 valence electrons. The summed E-state index contributed by atoms with van der Waals surface area (Å²) in [6.07, 6.45) is -3.64. The molecule has 3 N–H and O–H groups in total. The van der Waals surface area contributed by atoms with Gasteiger partial charge in [0.2, 0.25) is 0 Å². The van der Waals surface area contributed by atoms with Crippen molar-refractivity contribution < 1.29 is 53.3 Å². The molecule has 1 aliphatic heterocycles. The molecule has 0 aliphatic carbocycles. The van der Waals surface area contributed by atoms with Crippen molar-refractivity contribution in [1.29, 1.82) is 0 Å². The second-order valence-corrected chi connectivity index (χ2v) is 8.37. The molecule has 1 fully saturated rings. The van der Waals surface area contributed by atoms with Crippen LogP contribution in [0.5, 0.6) is 23.0 Å². The van der Waals surface area contributed by atoms with Crippen LogP contribution in [0.4, 0.5) is 0 Å². The summed E-state index contributed by atoms with van der Waals surface area (Å²) in [5.41, 5.74) is 1.53. The van der Waals surface area contributed by atoms with Crippen LogP contribution in [0.25, 0.3) is 6.08 Å². The molecule has 0 aromatic heterocycles. The normalized spacial score (nSPS) is 23.2. The third kappa shape index (κ3) is 7.15. The van der Waals surface area contributed by atoms with Crippen molar-refractivity contribution >= 4 is 12.0 Å². The standard InChI is InChI=1S/C27H34O11/c1-32-18-8-5-16(13-20(18)34-3)7-10-23(29)38-26-22(15-28)37-27(25(31)24(26)30)36-12-11-17-6-9-19(33-2)21(14-17)35-4/h5-10,13-14,22,24-28,30-31H,11-12,15H2,1-4H3. The van der Waals surface area contributed by atoms with Crippen LogP contribution >= 0.6 is 0 Å². The van der Waals surface area contributed by atoms with Gasteiger partial charge in [0.05, 0.1) is 41.7 Å². The molecular formula is C27H34O11. The number of aliphatic hydroxyl groups is 3. The molecule has 1 aliphatic rings. The Morgan fingerprint density at radius 3 is 2.16 bits per heavy atom. The summed E-state index contributed by atoms with van der Waals surface area (Å²) < 4.78 is 37.5. The van der Waals surface area contributed by atoms with Crippen molar-refractivity contribution in [1.82, 2.24) is 0 Å². The number of ether oxygens (including phenoxy) is 7. The zero-order valence-corrected chi connectivity index (χ0v) is 21.7. The number of hydrogen-bond donors (Lipinski definition) is 3. The number of hydrogen-bond acceptors (Lipinski definition) is 11. The number of methoxy groups -OCH3 is 4. The van der Waals surface area contributed by atoms with Gasteiger partial charge in [0.25, 0.3) is 0 Å². The molecular weight excluding hydrogens is 500 g/mol. The lowest BCUT2D eigenvalue weighted by molar-refractivity contribution is -0.302. The van der Waals surface area contributed by atoms with Crippen LogP contribution in [0.1, 0.15) is 11.1 Å². The minimum absolute atomic E-state index is 0.139. The highest BCUT2D eigenvalue weighted by molar-refractivity contribution is 5.87. The summed E-state index contributed by atoms with van der Waals surface area (Å²) in [5.74, 6) is 1.39. The lowest BCUT2D eigenvalue weighted by Crippen LogP contribution is -2.60. The number of carbonyl (C=O) groups excluding carboxylic acids is 1. The van der Waals surface area contributed by atoms with Gasteiger partial charge in [0.15, 0.2) is 35.4 Å². The van der Waals surface area contributed by atoms with Gasteiger partial charge >= 0.3 is 5.97 Å². The molecule has 0 spiro atoms. The van der Waals surface area contributed by atoms with Crippen molar-refractivity contribution in [3.05, 3.63) is 53.6 Å². The van der Waals surface area contributed by atoms with Gasteiger partial charge in [-0.3, -0.25) is 0 Å². The van der Waals surface area contributed by atoms with E-state index in [1.54, 1.807) is 37.4 Å². The molecule has 0 radical (unpaired) electrons. The van der Waals surface area contributed by atoms with Crippen LogP contribution in [0.15, 0.2) is 42.5 Å². The molecule has 0 saturated carbocycles. The summed E-state index contributed by atoms with van der Waals surface area (Å²) in [6.45, 7) is -0.433. The first-order valence-electron chi connectivity index (χ1n) is 11.9. The van der Waals surface area contributed by atoms with Crippen LogP contribution in [-0.2, 0) is 25.4 Å². The lowest BCUT2D eigenvalue weighted by Gasteiger charge is -2.41. The smallest absolute Gasteiger partial charge is 0.331 e. The highest BCUT2D eigenvalue weighted by atomic mass is 16.7. The molecule has 11 nitrogen and oxygen atoms in total. The predicted octanol–water partition coefficient (Wildman–Crippen LogP) is 1.34. The number of aliphatic hydroxyl groups excluding tert-OH is 3. The van der Waals surface area contributed by atoms with Gasteiger partial charge in [-0.25, -0.2) is 4.79 Å². The Bertz CT molecular complexity index is 1080. The lowest BCUT2D eigenvalue weighted by atomic mass is 9.99. The second kappa shape index (κ2) is 14.0. The van der Waals surface area contributed by atoms with Gasteiger partial charge < -0.3 is 48.5 Å².